The van der Waals surface area contributed by atoms with Crippen molar-refractivity contribution in [2.45, 2.75) is 341 Å². The van der Waals surface area contributed by atoms with Gasteiger partial charge in [0.15, 0.2) is 12.2 Å². The molecule has 0 spiro atoms. The Kier molecular flexibility index (Phi) is 72.9. The van der Waals surface area contributed by atoms with E-state index in [1.807, 2.05) is 18.2 Å². The van der Waals surface area contributed by atoms with E-state index in [1.165, 1.54) is 70.6 Å². The number of ether oxygens (including phenoxy) is 4. The summed E-state index contributed by atoms with van der Waals surface area (Å²) in [5, 5.41) is 10.6. The number of hydrogen-bond donors (Lipinski definition) is 3. The molecule has 5 atom stereocenters. The Morgan fingerprint density at radius 2 is 0.519 bits per heavy atom. The summed E-state index contributed by atoms with van der Waals surface area (Å²) in [6.07, 6.45) is 85.8. The van der Waals surface area contributed by atoms with Crippen molar-refractivity contribution in [1.82, 2.24) is 0 Å². The molecule has 0 aliphatic heterocycles. The van der Waals surface area contributed by atoms with Crippen LogP contribution in [0, 0.1) is 0 Å². The predicted octanol–water partition coefficient (Wildman–Crippen LogP) is 23.7. The largest absolute Gasteiger partial charge is 0.472 e. The Hall–Kier alpha value is -4.80. The Labute approximate surface area is 631 Å². The van der Waals surface area contributed by atoms with Crippen molar-refractivity contribution in [3.05, 3.63) is 134 Å². The van der Waals surface area contributed by atoms with Crippen molar-refractivity contribution >= 4 is 39.5 Å². The number of phosphoric ester groups is 2. The van der Waals surface area contributed by atoms with Crippen LogP contribution in [0.2, 0.25) is 0 Å². The molecule has 0 amide bonds. The Bertz CT molecular complexity index is 2490. The van der Waals surface area contributed by atoms with Crippen molar-refractivity contribution in [2.24, 2.45) is 0 Å². The van der Waals surface area contributed by atoms with Gasteiger partial charge in [-0.2, -0.15) is 0 Å². The Morgan fingerprint density at radius 3 is 0.846 bits per heavy atom. The maximum Gasteiger partial charge on any atom is 0.472 e. The van der Waals surface area contributed by atoms with Crippen LogP contribution >= 0.6 is 15.6 Å². The third-order valence-corrected chi connectivity index (χ3v) is 18.5. The highest BCUT2D eigenvalue weighted by molar-refractivity contribution is 7.47. The van der Waals surface area contributed by atoms with Gasteiger partial charge in [0.1, 0.15) is 19.3 Å². The molecule has 0 aromatic heterocycles. The lowest BCUT2D eigenvalue weighted by molar-refractivity contribution is -0.161. The first-order valence-electron chi connectivity index (χ1n) is 40.4. The fourth-order valence-electron chi connectivity index (χ4n) is 10.5. The molecule has 104 heavy (non-hydrogen) atoms. The highest BCUT2D eigenvalue weighted by atomic mass is 31.2. The predicted molar refractivity (Wildman–Crippen MR) is 427 cm³/mol. The smallest absolute Gasteiger partial charge is 0.462 e. The first-order valence-corrected chi connectivity index (χ1v) is 43.4. The highest BCUT2D eigenvalue weighted by Gasteiger charge is 2.30. The molecule has 0 saturated carbocycles. The molecule has 17 nitrogen and oxygen atoms in total. The van der Waals surface area contributed by atoms with Crippen molar-refractivity contribution in [2.75, 3.05) is 39.6 Å². The molecule has 0 aliphatic carbocycles. The first kappa shape index (κ1) is 99.2. The van der Waals surface area contributed by atoms with Gasteiger partial charge < -0.3 is 33.8 Å². The van der Waals surface area contributed by atoms with Crippen LogP contribution in [0.25, 0.3) is 0 Å². The van der Waals surface area contributed by atoms with E-state index in [0.717, 1.165) is 167 Å². The fraction of sp³-hybridized carbons (Fsp3) is 0.694. The average molecular weight is 1500 g/mol. The van der Waals surface area contributed by atoms with Crippen LogP contribution in [0.4, 0.5) is 0 Å². The van der Waals surface area contributed by atoms with Crippen LogP contribution in [-0.2, 0) is 65.4 Å². The maximum absolute atomic E-state index is 13.1. The van der Waals surface area contributed by atoms with Gasteiger partial charge in [0, 0.05) is 25.7 Å². The molecule has 0 aromatic rings. The second kappa shape index (κ2) is 76.4. The zero-order valence-electron chi connectivity index (χ0n) is 65.2. The molecule has 3 N–H and O–H groups in total. The van der Waals surface area contributed by atoms with E-state index in [9.17, 15) is 43.2 Å². The fourth-order valence-corrected chi connectivity index (χ4v) is 12.1. The van der Waals surface area contributed by atoms with E-state index in [-0.39, 0.29) is 25.7 Å². The number of unbranched alkanes of at least 4 members (excludes halogenated alkanes) is 27. The lowest BCUT2D eigenvalue weighted by Crippen LogP contribution is -2.30. The summed E-state index contributed by atoms with van der Waals surface area (Å²) in [7, 11) is -9.98. The third-order valence-electron chi connectivity index (χ3n) is 16.6. The second-order valence-electron chi connectivity index (χ2n) is 26.6. The van der Waals surface area contributed by atoms with Gasteiger partial charge in [-0.3, -0.25) is 37.3 Å². The molecule has 0 rings (SSSR count). The number of hydrogen-bond acceptors (Lipinski definition) is 15. The Morgan fingerprint density at radius 1 is 0.279 bits per heavy atom. The van der Waals surface area contributed by atoms with E-state index in [2.05, 4.69) is 143 Å². The van der Waals surface area contributed by atoms with E-state index in [4.69, 9.17) is 37.0 Å². The molecule has 0 aliphatic rings. The number of carbonyl (C=O) groups is 4. The number of carbonyl (C=O) groups excluding carboxylic acids is 4. The van der Waals surface area contributed by atoms with Crippen LogP contribution < -0.4 is 0 Å². The monoisotopic (exact) mass is 1500 g/mol. The van der Waals surface area contributed by atoms with E-state index >= 15 is 0 Å². The van der Waals surface area contributed by atoms with Crippen molar-refractivity contribution < 1.29 is 80.2 Å². The van der Waals surface area contributed by atoms with Crippen molar-refractivity contribution in [1.29, 1.82) is 0 Å². The molecule has 0 aromatic carbocycles. The van der Waals surface area contributed by atoms with Gasteiger partial charge in [0.25, 0.3) is 0 Å². The molecular formula is C85H144O17P2. The summed E-state index contributed by atoms with van der Waals surface area (Å²) in [6.45, 7) is 4.54. The summed E-state index contributed by atoms with van der Waals surface area (Å²) < 4.78 is 68.5. The molecule has 0 radical (unpaired) electrons. The first-order chi connectivity index (χ1) is 50.7. The summed E-state index contributed by atoms with van der Waals surface area (Å²) in [6, 6.07) is 0. The zero-order chi connectivity index (χ0) is 76.0. The molecular weight excluding hydrogens is 1350 g/mol. The Balaban J connectivity index is 5.42. The van der Waals surface area contributed by atoms with Crippen LogP contribution in [0.5, 0.6) is 0 Å². The molecule has 596 valence electrons. The van der Waals surface area contributed by atoms with Gasteiger partial charge in [-0.25, -0.2) is 9.13 Å². The number of aliphatic hydroxyl groups is 1. The van der Waals surface area contributed by atoms with Gasteiger partial charge in [0.2, 0.25) is 0 Å². The van der Waals surface area contributed by atoms with Gasteiger partial charge in [0.05, 0.1) is 26.4 Å². The van der Waals surface area contributed by atoms with Gasteiger partial charge in [-0.15, -0.1) is 0 Å². The van der Waals surface area contributed by atoms with Crippen LogP contribution in [-0.4, -0.2) is 96.7 Å². The van der Waals surface area contributed by atoms with E-state index < -0.39 is 97.5 Å². The highest BCUT2D eigenvalue weighted by Crippen LogP contribution is 2.45. The maximum atomic E-state index is 13.1. The summed E-state index contributed by atoms with van der Waals surface area (Å²) in [5.74, 6) is -2.29. The van der Waals surface area contributed by atoms with E-state index in [0.29, 0.717) is 32.1 Å². The molecule has 0 fully saturated rings. The zero-order valence-corrected chi connectivity index (χ0v) is 66.9. The molecule has 0 bridgehead atoms. The summed E-state index contributed by atoms with van der Waals surface area (Å²) in [4.78, 5) is 73.0. The van der Waals surface area contributed by atoms with E-state index in [1.54, 1.807) is 0 Å². The van der Waals surface area contributed by atoms with Gasteiger partial charge in [-0.05, 0) is 128 Å². The average Bonchev–Trinajstić information content (AvgIpc) is 0.939. The van der Waals surface area contributed by atoms with Crippen LogP contribution in [0.1, 0.15) is 323 Å². The second-order valence-corrected chi connectivity index (χ2v) is 29.5. The standard InChI is InChI=1S/C85H144O17P2/c1-5-9-13-17-21-25-29-33-36-38-39-41-44-47-50-54-58-62-66-70-83(88)95-75-80(101-84(89)71-67-63-59-55-51-45-32-28-24-20-16-12-8-4)77-99-103(91,92)97-73-79(86)74-98-104(93,94)100-78-81(102-85(90)72-68-64-60-56-52-48-42-35-31-27-23-19-15-11-7-3)76-96-82(87)69-65-61-57-53-49-46-43-40-37-34-30-26-22-18-14-10-6-2/h9-10,13-14,21-23,25-27,33-37,39,41-42,47,50,58,62,79-81,86H,5-8,11-12,15-20,24,28-32,38,40,43-46,48-49,51-57,59-61,63-78H2,1-4H3,(H,91,92)(H,93,94)/b13-9-,14-10-,25-21-,26-22-,27-23-,36-33-,37-34-,41-39-,42-35-,50-47-,62-58-. The molecule has 19 heteroatoms. The number of phosphoric acid groups is 2. The number of aliphatic hydroxyl groups excluding tert-OH is 1. The molecule has 0 saturated heterocycles. The van der Waals surface area contributed by atoms with Gasteiger partial charge >= 0.3 is 39.5 Å². The number of allylic oxidation sites excluding steroid dienone is 22. The summed E-state index contributed by atoms with van der Waals surface area (Å²) in [5.41, 5.74) is 0. The van der Waals surface area contributed by atoms with Crippen LogP contribution in [0.15, 0.2) is 134 Å². The lowest BCUT2D eigenvalue weighted by Gasteiger charge is -2.21. The normalized spacial score (nSPS) is 14.6. The summed E-state index contributed by atoms with van der Waals surface area (Å²) >= 11 is 0. The molecule has 0 heterocycles. The minimum absolute atomic E-state index is 0.0353. The number of esters is 4. The quantitative estimate of drug-likeness (QED) is 0.0169. The number of rotatable bonds is 75. The third kappa shape index (κ3) is 75.4. The lowest BCUT2D eigenvalue weighted by atomic mass is 10.0. The SMILES string of the molecule is CC/C=C\C/C=C\C/C=C\C/C=C\C/C=C\C/C=C\CCC(=O)OCC(COP(=O)(O)OCC(O)COP(=O)(O)OCC(COC(=O)CCCCCCCCC/C=C\C/C=C\C/C=C\CC)OC(=O)CCCCCCC/C=C\C/C=C\CCCCC)OC(=O)CCCCCCCCCCCCCCC. The van der Waals surface area contributed by atoms with Gasteiger partial charge in [-0.1, -0.05) is 303 Å². The minimum atomic E-state index is -5.00. The van der Waals surface area contributed by atoms with Crippen molar-refractivity contribution in [3.8, 4) is 0 Å². The van der Waals surface area contributed by atoms with Crippen LogP contribution in [0.3, 0.4) is 0 Å². The molecule has 5 unspecified atom stereocenters. The minimum Gasteiger partial charge on any atom is -0.462 e. The van der Waals surface area contributed by atoms with Crippen molar-refractivity contribution in [3.63, 3.8) is 0 Å². The topological polar surface area (TPSA) is 237 Å².